The SMILES string of the molecule is CCN(CC)CCCN1C(=O)C(=O)C(=C(O)c2ccc(OC)c(Cl)c2)[C@@H]1c1ccc(Cl)cc1. The number of ketones is 1. The van der Waals surface area contributed by atoms with E-state index in [1.165, 1.54) is 18.1 Å². The Bertz CT molecular complexity index is 1050. The van der Waals surface area contributed by atoms with E-state index >= 15 is 0 Å². The highest BCUT2D eigenvalue weighted by atomic mass is 35.5. The van der Waals surface area contributed by atoms with Gasteiger partial charge in [0.15, 0.2) is 0 Å². The molecule has 2 aromatic carbocycles. The molecule has 1 heterocycles. The number of likely N-dealkylation sites (tertiary alicyclic amines) is 1. The summed E-state index contributed by atoms with van der Waals surface area (Å²) < 4.78 is 5.17. The Balaban J connectivity index is 2.04. The molecule has 2 aromatic rings. The number of Topliss-reactive ketones (excluding diaryl/α,β-unsaturated/α-hetero) is 1. The Morgan fingerprint density at radius 2 is 1.76 bits per heavy atom. The zero-order chi connectivity index (χ0) is 24.1. The van der Waals surface area contributed by atoms with Crippen LogP contribution in [-0.2, 0) is 9.59 Å². The van der Waals surface area contributed by atoms with Crippen molar-refractivity contribution in [1.82, 2.24) is 9.80 Å². The highest BCUT2D eigenvalue weighted by Gasteiger charge is 2.45. The fourth-order valence-corrected chi connectivity index (χ4v) is 4.46. The highest BCUT2D eigenvalue weighted by Crippen LogP contribution is 2.40. The van der Waals surface area contributed by atoms with E-state index in [2.05, 4.69) is 18.7 Å². The number of ether oxygens (including phenoxy) is 1. The number of hydrogen-bond donors (Lipinski definition) is 1. The third-order valence-corrected chi connectivity index (χ3v) is 6.47. The van der Waals surface area contributed by atoms with Crippen molar-refractivity contribution in [3.05, 3.63) is 69.2 Å². The van der Waals surface area contributed by atoms with Crippen LogP contribution in [-0.4, -0.2) is 59.9 Å². The summed E-state index contributed by atoms with van der Waals surface area (Å²) in [6.45, 7) is 7.18. The predicted molar refractivity (Wildman–Crippen MR) is 131 cm³/mol. The van der Waals surface area contributed by atoms with Crippen LogP contribution in [0.4, 0.5) is 0 Å². The predicted octanol–water partition coefficient (Wildman–Crippen LogP) is 5.16. The summed E-state index contributed by atoms with van der Waals surface area (Å²) in [5.41, 5.74) is 1.06. The number of methoxy groups -OCH3 is 1. The molecule has 3 rings (SSSR count). The Morgan fingerprint density at radius 3 is 2.33 bits per heavy atom. The van der Waals surface area contributed by atoms with E-state index in [4.69, 9.17) is 27.9 Å². The lowest BCUT2D eigenvalue weighted by molar-refractivity contribution is -0.140. The smallest absolute Gasteiger partial charge is 0.295 e. The minimum absolute atomic E-state index is 0.0337. The summed E-state index contributed by atoms with van der Waals surface area (Å²) in [6, 6.07) is 11.0. The molecule has 0 aromatic heterocycles. The topological polar surface area (TPSA) is 70.1 Å². The molecule has 0 bridgehead atoms. The summed E-state index contributed by atoms with van der Waals surface area (Å²) in [5.74, 6) is -1.18. The maximum absolute atomic E-state index is 13.1. The average Bonchev–Trinajstić information content (AvgIpc) is 3.06. The van der Waals surface area contributed by atoms with Crippen molar-refractivity contribution < 1.29 is 19.4 Å². The van der Waals surface area contributed by atoms with Gasteiger partial charge in [0.25, 0.3) is 11.7 Å². The van der Waals surface area contributed by atoms with Gasteiger partial charge in [-0.3, -0.25) is 9.59 Å². The van der Waals surface area contributed by atoms with Crippen molar-refractivity contribution in [2.24, 2.45) is 0 Å². The number of nitrogens with zero attached hydrogens (tertiary/aromatic N) is 2. The van der Waals surface area contributed by atoms with Gasteiger partial charge >= 0.3 is 0 Å². The van der Waals surface area contributed by atoms with Crippen molar-refractivity contribution in [1.29, 1.82) is 0 Å². The second kappa shape index (κ2) is 11.1. The fourth-order valence-electron chi connectivity index (χ4n) is 4.08. The Morgan fingerprint density at radius 1 is 1.09 bits per heavy atom. The number of halogens is 2. The van der Waals surface area contributed by atoms with Gasteiger partial charge in [0, 0.05) is 17.1 Å². The van der Waals surface area contributed by atoms with E-state index < -0.39 is 17.7 Å². The monoisotopic (exact) mass is 490 g/mol. The molecule has 1 saturated heterocycles. The number of carbonyl (C=O) groups excluding carboxylic acids is 2. The van der Waals surface area contributed by atoms with Crippen molar-refractivity contribution in [2.75, 3.05) is 33.3 Å². The largest absolute Gasteiger partial charge is 0.507 e. The molecule has 176 valence electrons. The molecule has 1 fully saturated rings. The van der Waals surface area contributed by atoms with Gasteiger partial charge in [0.1, 0.15) is 11.5 Å². The lowest BCUT2D eigenvalue weighted by Gasteiger charge is -2.27. The minimum Gasteiger partial charge on any atom is -0.507 e. The summed E-state index contributed by atoms with van der Waals surface area (Å²) in [6.07, 6.45) is 0.702. The number of aliphatic hydroxyl groups excluding tert-OH is 1. The third-order valence-electron chi connectivity index (χ3n) is 5.92. The van der Waals surface area contributed by atoms with Crippen LogP contribution >= 0.6 is 23.2 Å². The Kier molecular flexibility index (Phi) is 8.40. The molecular weight excluding hydrogens is 463 g/mol. The van der Waals surface area contributed by atoms with Crippen molar-refractivity contribution >= 4 is 40.7 Å². The van der Waals surface area contributed by atoms with E-state index in [9.17, 15) is 14.7 Å². The van der Waals surface area contributed by atoms with Gasteiger partial charge < -0.3 is 19.6 Å². The first-order valence-electron chi connectivity index (χ1n) is 10.9. The molecule has 1 aliphatic rings. The van der Waals surface area contributed by atoms with Crippen LogP contribution in [0.2, 0.25) is 10.0 Å². The number of amides is 1. The summed E-state index contributed by atoms with van der Waals surface area (Å²) in [4.78, 5) is 29.9. The Hall–Kier alpha value is -2.54. The van der Waals surface area contributed by atoms with Gasteiger partial charge in [-0.25, -0.2) is 0 Å². The van der Waals surface area contributed by atoms with Gasteiger partial charge in [-0.2, -0.15) is 0 Å². The molecule has 6 nitrogen and oxygen atoms in total. The lowest BCUT2D eigenvalue weighted by atomic mass is 9.95. The molecule has 0 saturated carbocycles. The summed E-state index contributed by atoms with van der Waals surface area (Å²) in [7, 11) is 1.49. The molecular formula is C25H28Cl2N2O4. The zero-order valence-electron chi connectivity index (χ0n) is 19.0. The van der Waals surface area contributed by atoms with Crippen molar-refractivity contribution in [3.8, 4) is 5.75 Å². The van der Waals surface area contributed by atoms with Gasteiger partial charge in [0.2, 0.25) is 0 Å². The molecule has 8 heteroatoms. The standard InChI is InChI=1S/C25H28Cl2N2O4/c1-4-28(5-2)13-6-14-29-22(16-7-10-18(26)11-8-16)21(24(31)25(29)32)23(30)17-9-12-20(33-3)19(27)15-17/h7-12,15,22,30H,4-6,13-14H2,1-3H3/t22-/m0/s1. The van der Waals surface area contributed by atoms with Gasteiger partial charge in [-0.15, -0.1) is 0 Å². The van der Waals surface area contributed by atoms with Gasteiger partial charge in [0.05, 0.1) is 23.7 Å². The third kappa shape index (κ3) is 5.35. The quantitative estimate of drug-likeness (QED) is 0.298. The highest BCUT2D eigenvalue weighted by molar-refractivity contribution is 6.46. The minimum atomic E-state index is -0.722. The molecule has 1 amide bonds. The van der Waals surface area contributed by atoms with E-state index in [-0.39, 0.29) is 16.4 Å². The number of aliphatic hydroxyl groups is 1. The van der Waals surface area contributed by atoms with Crippen LogP contribution in [0.1, 0.15) is 37.4 Å². The molecule has 0 aliphatic carbocycles. The first-order valence-corrected chi connectivity index (χ1v) is 11.7. The second-order valence-electron chi connectivity index (χ2n) is 7.77. The van der Waals surface area contributed by atoms with Crippen LogP contribution in [0, 0.1) is 0 Å². The molecule has 1 aliphatic heterocycles. The van der Waals surface area contributed by atoms with Gasteiger partial charge in [-0.1, -0.05) is 49.2 Å². The molecule has 0 unspecified atom stereocenters. The van der Waals surface area contributed by atoms with E-state index in [0.717, 1.165) is 19.6 Å². The molecule has 1 N–H and O–H groups in total. The van der Waals surface area contributed by atoms with E-state index in [0.29, 0.717) is 34.9 Å². The van der Waals surface area contributed by atoms with Gasteiger partial charge in [-0.05, 0) is 62.0 Å². The van der Waals surface area contributed by atoms with Crippen molar-refractivity contribution in [2.45, 2.75) is 26.3 Å². The Labute approximate surface area is 204 Å². The first-order chi connectivity index (χ1) is 15.8. The van der Waals surface area contributed by atoms with Crippen molar-refractivity contribution in [3.63, 3.8) is 0 Å². The summed E-state index contributed by atoms with van der Waals surface area (Å²) >= 11 is 12.3. The maximum atomic E-state index is 13.1. The number of carbonyl (C=O) groups is 2. The van der Waals surface area contributed by atoms with Crippen LogP contribution in [0.3, 0.4) is 0 Å². The molecule has 0 spiro atoms. The van der Waals surface area contributed by atoms with Crippen LogP contribution < -0.4 is 4.74 Å². The van der Waals surface area contributed by atoms with Crippen LogP contribution in [0.15, 0.2) is 48.0 Å². The summed E-state index contributed by atoms with van der Waals surface area (Å²) in [5, 5.41) is 12.0. The second-order valence-corrected chi connectivity index (χ2v) is 8.62. The van der Waals surface area contributed by atoms with E-state index in [1.54, 1.807) is 36.4 Å². The molecule has 1 atom stereocenters. The van der Waals surface area contributed by atoms with Crippen LogP contribution in [0.25, 0.3) is 5.76 Å². The first kappa shape index (κ1) is 25.1. The average molecular weight is 491 g/mol. The number of benzene rings is 2. The van der Waals surface area contributed by atoms with Crippen LogP contribution in [0.5, 0.6) is 5.75 Å². The molecule has 0 radical (unpaired) electrons. The van der Waals surface area contributed by atoms with E-state index in [1.807, 2.05) is 0 Å². The maximum Gasteiger partial charge on any atom is 0.295 e. The lowest BCUT2D eigenvalue weighted by Crippen LogP contribution is -2.33. The number of hydrogen-bond acceptors (Lipinski definition) is 5. The fraction of sp³-hybridized carbons (Fsp3) is 0.360. The zero-order valence-corrected chi connectivity index (χ0v) is 20.5. The number of rotatable bonds is 9. The molecule has 33 heavy (non-hydrogen) atoms. The normalized spacial score (nSPS) is 17.8.